The van der Waals surface area contributed by atoms with Crippen LogP contribution in [0.15, 0.2) is 84.7 Å². The summed E-state index contributed by atoms with van der Waals surface area (Å²) in [5.41, 5.74) is 6.95. The molecule has 34 heavy (non-hydrogen) atoms. The molecule has 0 radical (unpaired) electrons. The fourth-order valence-electron chi connectivity index (χ4n) is 3.97. The Morgan fingerprint density at radius 2 is 1.85 bits per heavy atom. The van der Waals surface area contributed by atoms with E-state index in [2.05, 4.69) is 36.2 Å². The van der Waals surface area contributed by atoms with Gasteiger partial charge in [0.15, 0.2) is 0 Å². The number of hydrogen-bond donors (Lipinski definition) is 1. The maximum atomic E-state index is 12.2. The van der Waals surface area contributed by atoms with E-state index in [1.54, 1.807) is 12.4 Å². The average molecular weight is 456 g/mol. The monoisotopic (exact) mass is 455 g/mol. The van der Waals surface area contributed by atoms with Crippen molar-refractivity contribution in [3.05, 3.63) is 113 Å². The first kappa shape index (κ1) is 24.9. The first-order valence-corrected chi connectivity index (χ1v) is 11.7. The van der Waals surface area contributed by atoms with Crippen molar-refractivity contribution in [3.63, 3.8) is 0 Å². The highest BCUT2D eigenvalue weighted by atomic mass is 16.4. The average Bonchev–Trinajstić information content (AvgIpc) is 3.23. The predicted octanol–water partition coefficient (Wildman–Crippen LogP) is 6.36. The molecule has 0 bridgehead atoms. The molecule has 5 nitrogen and oxygen atoms in total. The quantitative estimate of drug-likeness (QED) is 0.361. The third-order valence-electron chi connectivity index (χ3n) is 5.93. The van der Waals surface area contributed by atoms with Gasteiger partial charge in [0.1, 0.15) is 0 Å². The summed E-state index contributed by atoms with van der Waals surface area (Å²) in [7, 11) is 0. The van der Waals surface area contributed by atoms with Crippen molar-refractivity contribution < 1.29 is 9.90 Å². The minimum absolute atomic E-state index is 0.324. The summed E-state index contributed by atoms with van der Waals surface area (Å²) in [6.07, 6.45) is 13.2. The lowest BCUT2D eigenvalue weighted by Crippen LogP contribution is -2.15. The largest absolute Gasteiger partial charge is 0.481 e. The molecule has 1 N–H and O–H groups in total. The van der Waals surface area contributed by atoms with Gasteiger partial charge >= 0.3 is 5.97 Å². The zero-order valence-electron chi connectivity index (χ0n) is 20.4. The number of carbonyl (C=O) groups is 1. The van der Waals surface area contributed by atoms with E-state index in [4.69, 9.17) is 5.10 Å². The van der Waals surface area contributed by atoms with Gasteiger partial charge in [0, 0.05) is 18.8 Å². The Labute approximate surface area is 202 Å². The molecular weight excluding hydrogens is 422 g/mol. The summed E-state index contributed by atoms with van der Waals surface area (Å²) >= 11 is 0. The number of aromatic nitrogens is 3. The topological polar surface area (TPSA) is 68.0 Å². The van der Waals surface area contributed by atoms with E-state index >= 15 is 0 Å². The van der Waals surface area contributed by atoms with Gasteiger partial charge in [-0.15, -0.1) is 0 Å². The van der Waals surface area contributed by atoms with Crippen LogP contribution < -0.4 is 0 Å². The first-order chi connectivity index (χ1) is 16.4. The SMILES string of the molecule is C/C=C(/C=C\C(=C/C)c1cc(CC(C(=O)O)c2cccc(C)c2)nn1Cc1ccncc1)CC. The summed E-state index contributed by atoms with van der Waals surface area (Å²) < 4.78 is 1.96. The lowest BCUT2D eigenvalue weighted by atomic mass is 9.93. The molecule has 0 aliphatic rings. The molecule has 3 aromatic rings. The highest BCUT2D eigenvalue weighted by Crippen LogP contribution is 2.26. The highest BCUT2D eigenvalue weighted by Gasteiger charge is 2.23. The van der Waals surface area contributed by atoms with Crippen LogP contribution >= 0.6 is 0 Å². The molecule has 0 saturated heterocycles. The van der Waals surface area contributed by atoms with Crippen LogP contribution in [0.1, 0.15) is 61.2 Å². The van der Waals surface area contributed by atoms with Crippen LogP contribution in [-0.4, -0.2) is 25.8 Å². The molecule has 1 unspecified atom stereocenters. The lowest BCUT2D eigenvalue weighted by Gasteiger charge is -2.12. The normalized spacial score (nSPS) is 13.4. The number of carboxylic acids is 1. The van der Waals surface area contributed by atoms with E-state index < -0.39 is 11.9 Å². The van der Waals surface area contributed by atoms with Gasteiger partial charge in [-0.1, -0.05) is 66.6 Å². The minimum atomic E-state index is -0.845. The van der Waals surface area contributed by atoms with Gasteiger partial charge in [-0.05, 0) is 62.1 Å². The van der Waals surface area contributed by atoms with Gasteiger partial charge < -0.3 is 5.11 Å². The molecule has 0 saturated carbocycles. The van der Waals surface area contributed by atoms with Gasteiger partial charge in [-0.2, -0.15) is 5.10 Å². The van der Waals surface area contributed by atoms with Crippen LogP contribution in [0.2, 0.25) is 0 Å². The van der Waals surface area contributed by atoms with E-state index in [1.165, 1.54) is 5.57 Å². The second-order valence-electron chi connectivity index (χ2n) is 8.34. The van der Waals surface area contributed by atoms with Gasteiger partial charge in [0.05, 0.1) is 23.9 Å². The maximum absolute atomic E-state index is 12.2. The molecule has 3 rings (SSSR count). The third-order valence-corrected chi connectivity index (χ3v) is 5.93. The van der Waals surface area contributed by atoms with Crippen molar-refractivity contribution in [2.24, 2.45) is 0 Å². The Bertz CT molecular complexity index is 1200. The highest BCUT2D eigenvalue weighted by molar-refractivity contribution is 5.77. The smallest absolute Gasteiger partial charge is 0.311 e. The fourth-order valence-corrected chi connectivity index (χ4v) is 3.97. The number of rotatable bonds is 10. The molecule has 176 valence electrons. The van der Waals surface area contributed by atoms with Crippen LogP contribution in [0, 0.1) is 6.92 Å². The molecule has 0 spiro atoms. The standard InChI is InChI=1S/C29H33N3O2/c1-5-22(6-2)11-12-24(7-3)28-19-26(31-32(28)20-23-13-15-30-16-14-23)18-27(29(33)34)25-10-8-9-21(4)17-25/h5,7-17,19,27H,6,18,20H2,1-4H3,(H,33,34)/b12-11-,22-5+,24-7+. The predicted molar refractivity (Wildman–Crippen MR) is 138 cm³/mol. The molecule has 1 aromatic carbocycles. The van der Waals surface area contributed by atoms with Gasteiger partial charge in [-0.25, -0.2) is 0 Å². The maximum Gasteiger partial charge on any atom is 0.311 e. The zero-order valence-corrected chi connectivity index (χ0v) is 20.4. The lowest BCUT2D eigenvalue weighted by molar-refractivity contribution is -0.138. The molecule has 1 atom stereocenters. The summed E-state index contributed by atoms with van der Waals surface area (Å²) in [6, 6.07) is 13.7. The zero-order chi connectivity index (χ0) is 24.5. The minimum Gasteiger partial charge on any atom is -0.481 e. The second-order valence-corrected chi connectivity index (χ2v) is 8.34. The third kappa shape index (κ3) is 6.41. The van der Waals surface area contributed by atoms with Crippen LogP contribution in [0.4, 0.5) is 0 Å². The van der Waals surface area contributed by atoms with Crippen molar-refractivity contribution in [3.8, 4) is 0 Å². The number of nitrogens with zero attached hydrogens (tertiary/aromatic N) is 3. The molecule has 2 heterocycles. The summed E-state index contributed by atoms with van der Waals surface area (Å²) in [5, 5.41) is 14.8. The molecule has 0 aliphatic heterocycles. The van der Waals surface area contributed by atoms with E-state index in [0.29, 0.717) is 13.0 Å². The molecule has 0 aliphatic carbocycles. The van der Waals surface area contributed by atoms with E-state index in [9.17, 15) is 9.90 Å². The van der Waals surface area contributed by atoms with Gasteiger partial charge in [-0.3, -0.25) is 14.5 Å². The van der Waals surface area contributed by atoms with E-state index in [0.717, 1.165) is 40.1 Å². The van der Waals surface area contributed by atoms with Crippen molar-refractivity contribution in [1.29, 1.82) is 0 Å². The number of aliphatic carboxylic acids is 1. The Balaban J connectivity index is 2.00. The Morgan fingerprint density at radius 3 is 2.47 bits per heavy atom. The Morgan fingerprint density at radius 1 is 1.09 bits per heavy atom. The van der Waals surface area contributed by atoms with E-state index in [-0.39, 0.29) is 0 Å². The molecular formula is C29H33N3O2. The number of benzene rings is 1. The number of aryl methyl sites for hydroxylation is 1. The molecule has 0 fully saturated rings. The van der Waals surface area contributed by atoms with Crippen molar-refractivity contribution in [2.45, 2.75) is 53.0 Å². The summed E-state index contributed by atoms with van der Waals surface area (Å²) in [4.78, 5) is 16.3. The number of carboxylic acid groups (broad SMARTS) is 1. The number of hydrogen-bond acceptors (Lipinski definition) is 3. The van der Waals surface area contributed by atoms with Crippen LogP contribution in [0.5, 0.6) is 0 Å². The molecule has 5 heteroatoms. The van der Waals surface area contributed by atoms with Crippen LogP contribution in [-0.2, 0) is 17.8 Å². The van der Waals surface area contributed by atoms with Crippen molar-refractivity contribution >= 4 is 11.5 Å². The van der Waals surface area contributed by atoms with Crippen molar-refractivity contribution in [1.82, 2.24) is 14.8 Å². The number of allylic oxidation sites excluding steroid dienone is 6. The van der Waals surface area contributed by atoms with Gasteiger partial charge in [0.2, 0.25) is 0 Å². The Kier molecular flexibility index (Phi) is 8.74. The van der Waals surface area contributed by atoms with Crippen LogP contribution in [0.25, 0.3) is 5.57 Å². The van der Waals surface area contributed by atoms with Crippen molar-refractivity contribution in [2.75, 3.05) is 0 Å². The van der Waals surface area contributed by atoms with Crippen LogP contribution in [0.3, 0.4) is 0 Å². The fraction of sp³-hybridized carbons (Fsp3) is 0.276. The summed E-state index contributed by atoms with van der Waals surface area (Å²) in [5.74, 6) is -1.50. The molecule has 0 amide bonds. The molecule has 2 aromatic heterocycles. The summed E-state index contributed by atoms with van der Waals surface area (Å²) in [6.45, 7) is 8.75. The second kappa shape index (κ2) is 11.9. The Hall–Kier alpha value is -3.73. The van der Waals surface area contributed by atoms with E-state index in [1.807, 2.05) is 67.9 Å². The van der Waals surface area contributed by atoms with Gasteiger partial charge in [0.25, 0.3) is 0 Å². The first-order valence-electron chi connectivity index (χ1n) is 11.7. The number of pyridine rings is 1.